The highest BCUT2D eigenvalue weighted by atomic mass is 32.2. The number of fused-ring (bicyclic) bond motifs is 1. The van der Waals surface area contributed by atoms with Gasteiger partial charge in [0.2, 0.25) is 0 Å². The summed E-state index contributed by atoms with van der Waals surface area (Å²) in [6.07, 6.45) is 5.46. The van der Waals surface area contributed by atoms with Crippen molar-refractivity contribution in [3.63, 3.8) is 0 Å². The van der Waals surface area contributed by atoms with Crippen LogP contribution >= 0.6 is 21.6 Å². The number of rotatable bonds is 10. The number of nitrogens with zero attached hydrogens (tertiary/aromatic N) is 3. The van der Waals surface area contributed by atoms with Gasteiger partial charge in [-0.2, -0.15) is 14.5 Å². The lowest BCUT2D eigenvalue weighted by Gasteiger charge is -2.16. The van der Waals surface area contributed by atoms with E-state index < -0.39 is 9.39 Å². The third kappa shape index (κ3) is 7.21. The van der Waals surface area contributed by atoms with Gasteiger partial charge in [0, 0.05) is 29.9 Å². The molecule has 0 bridgehead atoms. The smallest absolute Gasteiger partial charge is 0.134 e. The van der Waals surface area contributed by atoms with E-state index in [1.54, 1.807) is 18.5 Å². The molecule has 2 aromatic carbocycles. The lowest BCUT2D eigenvalue weighted by atomic mass is 9.97. The Hall–Kier alpha value is -4.38. The molecule has 0 aliphatic carbocycles. The molecule has 3 aromatic heterocycles. The number of thiocarbonyl (C=S) groups is 1. The van der Waals surface area contributed by atoms with Crippen LogP contribution in [0, 0.1) is 18.7 Å². The molecule has 0 amide bonds. The quantitative estimate of drug-likeness (QED) is 0.117. The van der Waals surface area contributed by atoms with Crippen molar-refractivity contribution < 1.29 is 4.39 Å². The van der Waals surface area contributed by atoms with Crippen molar-refractivity contribution in [1.82, 2.24) is 24.9 Å². The van der Waals surface area contributed by atoms with Gasteiger partial charge in [-0.25, -0.2) is 9.37 Å². The van der Waals surface area contributed by atoms with Crippen LogP contribution in [-0.2, 0) is 6.54 Å². The van der Waals surface area contributed by atoms with Gasteiger partial charge in [0.25, 0.3) is 0 Å². The van der Waals surface area contributed by atoms with Crippen molar-refractivity contribution >= 4 is 66.4 Å². The number of nitrogens with one attached hydrogen (secondary N) is 4. The number of H-pyrrole nitrogens is 1. The number of aromatic amines is 1. The van der Waals surface area contributed by atoms with Gasteiger partial charge in [-0.3, -0.25) is 14.8 Å². The van der Waals surface area contributed by atoms with E-state index in [0.29, 0.717) is 23.5 Å². The molecule has 0 aliphatic rings. The minimum atomic E-state index is -1.42. The van der Waals surface area contributed by atoms with Crippen molar-refractivity contribution in [3.05, 3.63) is 96.2 Å². The highest BCUT2D eigenvalue weighted by Gasteiger charge is 2.15. The first-order valence-electron chi connectivity index (χ1n) is 14.0. The summed E-state index contributed by atoms with van der Waals surface area (Å²) >= 11 is 5.44. The first-order valence-corrected chi connectivity index (χ1v) is 16.8. The number of hydrogen-bond donors (Lipinski definition) is 4. The van der Waals surface area contributed by atoms with Crippen LogP contribution in [0.2, 0.25) is 0 Å². The lowest BCUT2D eigenvalue weighted by molar-refractivity contribution is 0.625. The molecule has 0 radical (unpaired) electrons. The maximum absolute atomic E-state index is 14.7. The predicted octanol–water partition coefficient (Wildman–Crippen LogP) is 7.92. The average Bonchev–Trinajstić information content (AvgIpc) is 3.40. The summed E-state index contributed by atoms with van der Waals surface area (Å²) in [4.78, 5) is 10.0. The van der Waals surface area contributed by atoms with E-state index in [1.807, 2.05) is 69.5 Å². The molecule has 0 aliphatic heterocycles. The Morgan fingerprint density at radius 3 is 2.59 bits per heavy atom. The number of anilines is 2. The third-order valence-corrected chi connectivity index (χ3v) is 8.45. The van der Waals surface area contributed by atoms with Crippen LogP contribution in [0.1, 0.15) is 30.7 Å². The molecule has 44 heavy (non-hydrogen) atoms. The topological polar surface area (TPSA) is 90.5 Å². The SMILES string of the molecule is C=C(Nc1cccc(-c2cc(F)cc(CNS(=C)(=C)C)c2)c1C)c1n[nH]c2ccc(-c3cncc(NC(=S)C(C)C)c3)nc12. The van der Waals surface area contributed by atoms with Crippen molar-refractivity contribution in [2.45, 2.75) is 27.3 Å². The standard InChI is InChI=1S/C34H36FN7S2/c1-20(2)34(43)39-27-16-25(18-36-19-27)30-11-12-31-33(40-30)32(42-41-31)22(4)38-29-10-8-9-28(21(29)3)24-13-23(14-26(35)15-24)17-37-44(5,6)7/h8-16,18-20,37-38H,4-6,17H2,1-3,7H3,(H,39,43)(H,41,42). The molecular weight excluding hydrogens is 590 g/mol. The molecule has 0 fully saturated rings. The number of pyridine rings is 2. The number of aromatic nitrogens is 4. The van der Waals surface area contributed by atoms with Crippen LogP contribution in [0.3, 0.4) is 0 Å². The molecule has 0 saturated carbocycles. The maximum atomic E-state index is 14.7. The van der Waals surface area contributed by atoms with Gasteiger partial charge in [-0.1, -0.05) is 56.5 Å². The van der Waals surface area contributed by atoms with Crippen LogP contribution in [0.5, 0.6) is 0 Å². The Morgan fingerprint density at radius 2 is 1.84 bits per heavy atom. The molecule has 5 rings (SSSR count). The molecule has 0 unspecified atom stereocenters. The van der Waals surface area contributed by atoms with Gasteiger partial charge in [0.05, 0.1) is 33.8 Å². The second-order valence-corrected chi connectivity index (χ2v) is 14.6. The molecule has 5 aromatic rings. The Morgan fingerprint density at radius 1 is 1.05 bits per heavy atom. The lowest BCUT2D eigenvalue weighted by Crippen LogP contribution is -2.15. The maximum Gasteiger partial charge on any atom is 0.134 e. The van der Waals surface area contributed by atoms with Crippen LogP contribution in [0.25, 0.3) is 39.1 Å². The predicted molar refractivity (Wildman–Crippen MR) is 192 cm³/mol. The largest absolute Gasteiger partial charge is 0.354 e. The summed E-state index contributed by atoms with van der Waals surface area (Å²) < 4.78 is 18.0. The van der Waals surface area contributed by atoms with Gasteiger partial charge in [0.1, 0.15) is 17.0 Å². The first kappa shape index (κ1) is 31.1. The van der Waals surface area contributed by atoms with Crippen LogP contribution in [0.4, 0.5) is 15.8 Å². The Kier molecular flexibility index (Phi) is 8.96. The van der Waals surface area contributed by atoms with E-state index in [0.717, 1.165) is 55.4 Å². The van der Waals surface area contributed by atoms with Gasteiger partial charge in [-0.05, 0) is 77.9 Å². The van der Waals surface area contributed by atoms with Gasteiger partial charge >= 0.3 is 0 Å². The summed E-state index contributed by atoms with van der Waals surface area (Å²) in [6.45, 7) is 10.9. The fraction of sp³-hybridized carbons (Fsp3) is 0.176. The first-order chi connectivity index (χ1) is 20.9. The average molecular weight is 626 g/mol. The Bertz CT molecular complexity index is 1990. The number of hydrogen-bond acceptors (Lipinski definition) is 6. The summed E-state index contributed by atoms with van der Waals surface area (Å²) in [5.41, 5.74) is 9.35. The molecule has 0 spiro atoms. The van der Waals surface area contributed by atoms with Crippen molar-refractivity contribution in [2.24, 2.45) is 5.92 Å². The minimum absolute atomic E-state index is 0.220. The van der Waals surface area contributed by atoms with Crippen LogP contribution in [0.15, 0.2) is 73.6 Å². The molecule has 3 heterocycles. The van der Waals surface area contributed by atoms with Gasteiger partial charge in [-0.15, -0.1) is 0 Å². The molecule has 4 N–H and O–H groups in total. The molecule has 7 nitrogen and oxygen atoms in total. The second kappa shape index (κ2) is 12.7. The van der Waals surface area contributed by atoms with E-state index >= 15 is 0 Å². The fourth-order valence-electron chi connectivity index (χ4n) is 4.68. The summed E-state index contributed by atoms with van der Waals surface area (Å²) in [6, 6.07) is 16.8. The zero-order chi connectivity index (χ0) is 31.6. The van der Waals surface area contributed by atoms with Crippen LogP contribution < -0.4 is 15.4 Å². The van der Waals surface area contributed by atoms with E-state index in [4.69, 9.17) is 17.2 Å². The van der Waals surface area contributed by atoms with Crippen molar-refractivity contribution in [2.75, 3.05) is 16.9 Å². The number of benzene rings is 2. The molecule has 0 saturated heterocycles. The van der Waals surface area contributed by atoms with E-state index in [9.17, 15) is 4.39 Å². The van der Waals surface area contributed by atoms with E-state index in [-0.39, 0.29) is 11.7 Å². The number of halogens is 1. The van der Waals surface area contributed by atoms with Gasteiger partial charge in [0.15, 0.2) is 0 Å². The highest BCUT2D eigenvalue weighted by Crippen LogP contribution is 2.33. The summed E-state index contributed by atoms with van der Waals surface area (Å²) in [7, 11) is -1.42. The minimum Gasteiger partial charge on any atom is -0.354 e. The third-order valence-electron chi connectivity index (χ3n) is 7.03. The molecule has 10 heteroatoms. The van der Waals surface area contributed by atoms with Crippen molar-refractivity contribution in [1.29, 1.82) is 0 Å². The fourth-order valence-corrected chi connectivity index (χ4v) is 5.31. The van der Waals surface area contributed by atoms with Crippen LogP contribution in [-0.4, -0.2) is 43.2 Å². The Balaban J connectivity index is 1.41. The van der Waals surface area contributed by atoms with E-state index in [1.165, 1.54) is 6.07 Å². The Labute approximate surface area is 263 Å². The monoisotopic (exact) mass is 625 g/mol. The zero-order valence-electron chi connectivity index (χ0n) is 25.3. The highest BCUT2D eigenvalue weighted by molar-refractivity contribution is 8.25. The summed E-state index contributed by atoms with van der Waals surface area (Å²) in [5, 5.41) is 14.2. The van der Waals surface area contributed by atoms with E-state index in [2.05, 4.69) is 48.9 Å². The van der Waals surface area contributed by atoms with Gasteiger partial charge < -0.3 is 10.6 Å². The normalized spacial score (nSPS) is 11.6. The molecule has 0 atom stereocenters. The second-order valence-electron chi connectivity index (χ2n) is 11.3. The van der Waals surface area contributed by atoms with Crippen molar-refractivity contribution in [3.8, 4) is 22.4 Å². The summed E-state index contributed by atoms with van der Waals surface area (Å²) in [5.74, 6) is 8.02. The molecule has 226 valence electrons. The zero-order valence-corrected chi connectivity index (χ0v) is 26.9. The molecular formula is C34H36FN7S2.